The van der Waals surface area contributed by atoms with Crippen molar-refractivity contribution in [3.63, 3.8) is 0 Å². The fourth-order valence-corrected chi connectivity index (χ4v) is 1.42. The fraction of sp³-hybridized carbons (Fsp3) is 1.00. The molecule has 1 heterocycles. The van der Waals surface area contributed by atoms with Gasteiger partial charge in [0.1, 0.15) is 18.3 Å². The minimum absolute atomic E-state index is 0.624. The lowest BCUT2D eigenvalue weighted by atomic mass is 9.98. The molecule has 0 radical (unpaired) electrons. The molecule has 5 atom stereocenters. The van der Waals surface area contributed by atoms with Gasteiger partial charge in [-0.2, -0.15) is 0 Å². The van der Waals surface area contributed by atoms with E-state index in [1.165, 1.54) is 0 Å². The molecule has 1 rings (SSSR count). The van der Waals surface area contributed by atoms with Crippen LogP contribution in [0.5, 0.6) is 0 Å². The SMILES string of the molecule is OC[C@H]1O[C@@H](O)[C@H](O)[C@@H](O)[C@@]1(O)S. The monoisotopic (exact) mass is 212 g/mol. The van der Waals surface area contributed by atoms with Gasteiger partial charge in [-0.05, 0) is 0 Å². The van der Waals surface area contributed by atoms with E-state index >= 15 is 0 Å². The van der Waals surface area contributed by atoms with E-state index in [-0.39, 0.29) is 0 Å². The van der Waals surface area contributed by atoms with Crippen LogP contribution in [0, 0.1) is 0 Å². The second kappa shape index (κ2) is 3.70. The van der Waals surface area contributed by atoms with E-state index in [1.54, 1.807) is 0 Å². The Kier molecular flexibility index (Phi) is 3.18. The van der Waals surface area contributed by atoms with Crippen molar-refractivity contribution in [1.29, 1.82) is 0 Å². The first-order valence-electron chi connectivity index (χ1n) is 3.66. The summed E-state index contributed by atoms with van der Waals surface area (Å²) in [5.74, 6) is 0. The molecule has 0 aromatic rings. The quantitative estimate of drug-likeness (QED) is 0.205. The summed E-state index contributed by atoms with van der Waals surface area (Å²) < 4.78 is 4.60. The van der Waals surface area contributed by atoms with Crippen molar-refractivity contribution in [3.05, 3.63) is 0 Å². The van der Waals surface area contributed by atoms with Crippen LogP contribution in [0.1, 0.15) is 0 Å². The minimum Gasteiger partial charge on any atom is -0.394 e. The third kappa shape index (κ3) is 1.82. The largest absolute Gasteiger partial charge is 0.394 e. The summed E-state index contributed by atoms with van der Waals surface area (Å²) in [5, 5.41) is 45.5. The minimum atomic E-state index is -2.08. The first-order valence-corrected chi connectivity index (χ1v) is 4.11. The molecule has 1 aliphatic heterocycles. The molecule has 1 aliphatic rings. The van der Waals surface area contributed by atoms with Crippen LogP contribution in [0.25, 0.3) is 0 Å². The van der Waals surface area contributed by atoms with Crippen LogP contribution >= 0.6 is 12.6 Å². The first-order chi connectivity index (χ1) is 5.91. The number of hydrogen-bond acceptors (Lipinski definition) is 7. The highest BCUT2D eigenvalue weighted by molar-refractivity contribution is 7.81. The average molecular weight is 212 g/mol. The van der Waals surface area contributed by atoms with E-state index in [0.29, 0.717) is 0 Å². The van der Waals surface area contributed by atoms with Gasteiger partial charge in [-0.25, -0.2) is 0 Å². The molecule has 0 saturated carbocycles. The van der Waals surface area contributed by atoms with Crippen LogP contribution in [-0.4, -0.2) is 61.7 Å². The van der Waals surface area contributed by atoms with Crippen molar-refractivity contribution in [1.82, 2.24) is 0 Å². The first kappa shape index (κ1) is 11.2. The van der Waals surface area contributed by atoms with Gasteiger partial charge < -0.3 is 30.3 Å². The molecule has 0 amide bonds. The van der Waals surface area contributed by atoms with E-state index in [2.05, 4.69) is 17.4 Å². The predicted octanol–water partition coefficient (Wildman–Crippen LogP) is -2.96. The zero-order valence-electron chi connectivity index (χ0n) is 6.61. The molecule has 1 fully saturated rings. The Bertz CT molecular complexity index is 182. The summed E-state index contributed by atoms with van der Waals surface area (Å²) in [7, 11) is 0. The Morgan fingerprint density at radius 3 is 2.31 bits per heavy atom. The third-order valence-corrected chi connectivity index (χ3v) is 2.55. The Morgan fingerprint density at radius 2 is 1.85 bits per heavy atom. The number of aliphatic hydroxyl groups is 5. The molecule has 6 nitrogen and oxygen atoms in total. The standard InChI is InChI=1S/C6H12O6S/c7-1-2-6(11,13)4(9)3(8)5(10)12-2/h2-5,7-11,13H,1H2/t2-,3-,4-,5-,6+/m1/s1. The van der Waals surface area contributed by atoms with Gasteiger partial charge in [0.15, 0.2) is 11.2 Å². The molecule has 13 heavy (non-hydrogen) atoms. The van der Waals surface area contributed by atoms with Crippen molar-refractivity contribution in [3.8, 4) is 0 Å². The lowest BCUT2D eigenvalue weighted by Gasteiger charge is -2.43. The molecule has 0 bridgehead atoms. The Hall–Kier alpha value is 0.110. The second-order valence-corrected chi connectivity index (χ2v) is 3.63. The summed E-state index contributed by atoms with van der Waals surface area (Å²) in [4.78, 5) is -2.08. The molecule has 0 aromatic heterocycles. The molecule has 0 aliphatic carbocycles. The summed E-state index contributed by atoms with van der Waals surface area (Å²) >= 11 is 3.64. The van der Waals surface area contributed by atoms with Gasteiger partial charge >= 0.3 is 0 Å². The van der Waals surface area contributed by atoms with Gasteiger partial charge in [-0.15, -0.1) is 12.6 Å². The summed E-state index contributed by atoms with van der Waals surface area (Å²) in [6.07, 6.45) is -6.22. The number of thiol groups is 1. The molecular formula is C6H12O6S. The maximum atomic E-state index is 9.45. The lowest BCUT2D eigenvalue weighted by molar-refractivity contribution is -0.295. The van der Waals surface area contributed by atoms with E-state index < -0.39 is 36.1 Å². The summed E-state index contributed by atoms with van der Waals surface area (Å²) in [6.45, 7) is -0.624. The van der Waals surface area contributed by atoms with Crippen LogP contribution in [0.2, 0.25) is 0 Å². The van der Waals surface area contributed by atoms with Gasteiger partial charge in [0.25, 0.3) is 0 Å². The van der Waals surface area contributed by atoms with E-state index in [4.69, 9.17) is 15.3 Å². The normalized spacial score (nSPS) is 52.2. The smallest absolute Gasteiger partial charge is 0.184 e. The molecule has 0 aromatic carbocycles. The molecular weight excluding hydrogens is 200 g/mol. The Morgan fingerprint density at radius 1 is 1.31 bits per heavy atom. The Balaban J connectivity index is 2.82. The van der Waals surface area contributed by atoms with Gasteiger partial charge in [-0.1, -0.05) is 0 Å². The third-order valence-electron chi connectivity index (χ3n) is 1.99. The van der Waals surface area contributed by atoms with E-state index in [9.17, 15) is 10.2 Å². The molecule has 7 heteroatoms. The van der Waals surface area contributed by atoms with Crippen molar-refractivity contribution < 1.29 is 30.3 Å². The zero-order valence-corrected chi connectivity index (χ0v) is 7.50. The highest BCUT2D eigenvalue weighted by atomic mass is 32.1. The molecule has 0 unspecified atom stereocenters. The summed E-state index contributed by atoms with van der Waals surface area (Å²) in [6, 6.07) is 0. The van der Waals surface area contributed by atoms with Crippen LogP contribution in [-0.2, 0) is 4.74 Å². The number of ether oxygens (including phenoxy) is 1. The van der Waals surface area contributed by atoms with E-state index in [1.807, 2.05) is 0 Å². The Labute approximate surface area is 79.8 Å². The topological polar surface area (TPSA) is 110 Å². The van der Waals surface area contributed by atoms with Gasteiger partial charge in [-0.3, -0.25) is 0 Å². The maximum Gasteiger partial charge on any atom is 0.184 e. The second-order valence-electron chi connectivity index (χ2n) is 2.92. The number of aliphatic hydroxyl groups excluding tert-OH is 4. The molecule has 5 N–H and O–H groups in total. The lowest BCUT2D eigenvalue weighted by Crippen LogP contribution is -2.64. The van der Waals surface area contributed by atoms with Crippen LogP contribution in [0.15, 0.2) is 0 Å². The average Bonchev–Trinajstić information content (AvgIpc) is 2.08. The highest BCUT2D eigenvalue weighted by Crippen LogP contribution is 2.31. The van der Waals surface area contributed by atoms with Gasteiger partial charge in [0.05, 0.1) is 6.61 Å². The van der Waals surface area contributed by atoms with Crippen LogP contribution in [0.3, 0.4) is 0 Å². The maximum absolute atomic E-state index is 9.45. The highest BCUT2D eigenvalue weighted by Gasteiger charge is 2.52. The molecule has 1 saturated heterocycles. The van der Waals surface area contributed by atoms with Crippen LogP contribution in [0.4, 0.5) is 0 Å². The summed E-state index contributed by atoms with van der Waals surface area (Å²) in [5.41, 5.74) is 0. The van der Waals surface area contributed by atoms with Crippen molar-refractivity contribution >= 4 is 12.6 Å². The zero-order chi connectivity index (χ0) is 10.2. The van der Waals surface area contributed by atoms with E-state index in [0.717, 1.165) is 0 Å². The van der Waals surface area contributed by atoms with Crippen molar-refractivity contribution in [2.75, 3.05) is 6.61 Å². The van der Waals surface area contributed by atoms with Gasteiger partial charge in [0, 0.05) is 0 Å². The van der Waals surface area contributed by atoms with Gasteiger partial charge in [0.2, 0.25) is 0 Å². The van der Waals surface area contributed by atoms with Crippen LogP contribution < -0.4 is 0 Å². The number of hydrogen-bond donors (Lipinski definition) is 6. The van der Waals surface area contributed by atoms with Crippen molar-refractivity contribution in [2.45, 2.75) is 29.5 Å². The van der Waals surface area contributed by atoms with Crippen molar-refractivity contribution in [2.24, 2.45) is 0 Å². The molecule has 78 valence electrons. The molecule has 0 spiro atoms. The fourth-order valence-electron chi connectivity index (χ4n) is 1.12. The predicted molar refractivity (Wildman–Crippen MR) is 43.9 cm³/mol. The number of rotatable bonds is 1.